The van der Waals surface area contributed by atoms with E-state index in [0.29, 0.717) is 30.3 Å². The van der Waals surface area contributed by atoms with Crippen LogP contribution in [-0.4, -0.2) is 42.9 Å². The first kappa shape index (κ1) is 19.4. The largest absolute Gasteiger partial charge is 0.350 e. The summed E-state index contributed by atoms with van der Waals surface area (Å²) < 4.78 is 30.9. The zero-order chi connectivity index (χ0) is 19.1. The molecule has 6 nitrogen and oxygen atoms in total. The topological polar surface area (TPSA) is 71.4 Å². The van der Waals surface area contributed by atoms with E-state index in [-0.39, 0.29) is 16.8 Å². The van der Waals surface area contributed by atoms with E-state index in [1.54, 1.807) is 6.92 Å². The van der Waals surface area contributed by atoms with Crippen LogP contribution in [0.3, 0.4) is 0 Å². The van der Waals surface area contributed by atoms with Crippen LogP contribution in [0.25, 0.3) is 0 Å². The van der Waals surface area contributed by atoms with E-state index in [2.05, 4.69) is 11.6 Å². The van der Waals surface area contributed by atoms with Crippen molar-refractivity contribution in [2.75, 3.05) is 13.1 Å². The molecule has 0 spiro atoms. The Labute approximate surface area is 157 Å². The van der Waals surface area contributed by atoms with Gasteiger partial charge in [0.25, 0.3) is 5.91 Å². The predicted molar refractivity (Wildman–Crippen MR) is 102 cm³/mol. The monoisotopic (exact) mass is 381 g/mol. The molecule has 1 aliphatic carbocycles. The molecule has 1 aromatic rings. The van der Waals surface area contributed by atoms with Gasteiger partial charge in [-0.3, -0.25) is 4.79 Å². The van der Waals surface area contributed by atoms with Gasteiger partial charge >= 0.3 is 0 Å². The number of nitrogens with zero attached hydrogens (tertiary/aromatic N) is 2. The van der Waals surface area contributed by atoms with Crippen molar-refractivity contribution < 1.29 is 13.2 Å². The molecule has 1 aliphatic heterocycles. The Morgan fingerprint density at radius 2 is 1.62 bits per heavy atom. The lowest BCUT2D eigenvalue weighted by Crippen LogP contribution is -2.39. The molecular formula is C19H31N3O3S. The first-order valence-electron chi connectivity index (χ1n) is 9.70. The molecule has 3 rings (SSSR count). The van der Waals surface area contributed by atoms with Crippen molar-refractivity contribution in [2.24, 2.45) is 13.0 Å². The Balaban J connectivity index is 1.97. The van der Waals surface area contributed by atoms with Crippen LogP contribution in [-0.2, 0) is 17.1 Å². The number of sulfonamides is 1. The Morgan fingerprint density at radius 3 is 2.19 bits per heavy atom. The van der Waals surface area contributed by atoms with E-state index in [1.807, 2.05) is 23.4 Å². The molecule has 0 radical (unpaired) electrons. The minimum absolute atomic E-state index is 0.0151. The lowest BCUT2D eigenvalue weighted by Gasteiger charge is -2.30. The van der Waals surface area contributed by atoms with E-state index >= 15 is 0 Å². The van der Waals surface area contributed by atoms with Gasteiger partial charge in [0.05, 0.1) is 5.56 Å². The summed E-state index contributed by atoms with van der Waals surface area (Å²) in [6.07, 6.45) is 5.79. The van der Waals surface area contributed by atoms with Crippen LogP contribution in [0.1, 0.15) is 67.2 Å². The third-order valence-corrected chi connectivity index (χ3v) is 7.83. The Bertz CT molecular complexity index is 783. The highest BCUT2D eigenvalue weighted by atomic mass is 32.2. The van der Waals surface area contributed by atoms with Crippen LogP contribution >= 0.6 is 0 Å². The molecule has 1 saturated heterocycles. The average molecular weight is 382 g/mol. The molecule has 1 saturated carbocycles. The minimum Gasteiger partial charge on any atom is -0.350 e. The summed E-state index contributed by atoms with van der Waals surface area (Å²) in [7, 11) is -1.89. The summed E-state index contributed by atoms with van der Waals surface area (Å²) in [6.45, 7) is 7.21. The Kier molecular flexibility index (Phi) is 5.49. The third kappa shape index (κ3) is 3.56. The second-order valence-corrected chi connectivity index (χ2v) is 9.66. The lowest BCUT2D eigenvalue weighted by atomic mass is 9.98. The fourth-order valence-corrected chi connectivity index (χ4v) is 6.01. The number of piperidine rings is 1. The second-order valence-electron chi connectivity index (χ2n) is 8.01. The van der Waals surface area contributed by atoms with Crippen molar-refractivity contribution in [3.63, 3.8) is 0 Å². The van der Waals surface area contributed by atoms with E-state index in [0.717, 1.165) is 44.2 Å². The van der Waals surface area contributed by atoms with Crippen LogP contribution < -0.4 is 4.72 Å². The van der Waals surface area contributed by atoms with Crippen molar-refractivity contribution in [2.45, 2.75) is 70.2 Å². The molecule has 7 heteroatoms. The number of hydrogen-bond donors (Lipinski definition) is 1. The SMILES string of the molecule is Cc1c(C(=O)N2CCC(C)CC2)c(S(=O)(=O)NC2CCCC2)c(C)n1C. The summed E-state index contributed by atoms with van der Waals surface area (Å²) in [5, 5.41) is 0. The maximum absolute atomic E-state index is 13.2. The highest BCUT2D eigenvalue weighted by Gasteiger charge is 2.35. The summed E-state index contributed by atoms with van der Waals surface area (Å²) in [5.41, 5.74) is 1.70. The number of rotatable bonds is 4. The van der Waals surface area contributed by atoms with Gasteiger partial charge in [-0.05, 0) is 45.4 Å². The van der Waals surface area contributed by atoms with Crippen molar-refractivity contribution in [1.82, 2.24) is 14.2 Å². The Hall–Kier alpha value is -1.34. The predicted octanol–water partition coefficient (Wildman–Crippen LogP) is 2.73. The highest BCUT2D eigenvalue weighted by molar-refractivity contribution is 7.89. The first-order valence-corrected chi connectivity index (χ1v) is 11.2. The van der Waals surface area contributed by atoms with Gasteiger partial charge in [0, 0.05) is 37.6 Å². The molecule has 2 aliphatic rings. The number of likely N-dealkylation sites (tertiary alicyclic amines) is 1. The smallest absolute Gasteiger partial charge is 0.257 e. The molecule has 146 valence electrons. The zero-order valence-corrected chi connectivity index (χ0v) is 17.2. The van der Waals surface area contributed by atoms with E-state index in [1.165, 1.54) is 0 Å². The average Bonchev–Trinajstić information content (AvgIpc) is 3.17. The highest BCUT2D eigenvalue weighted by Crippen LogP contribution is 2.30. The summed E-state index contributed by atoms with van der Waals surface area (Å²) >= 11 is 0. The van der Waals surface area contributed by atoms with Gasteiger partial charge in [-0.25, -0.2) is 13.1 Å². The number of carbonyl (C=O) groups is 1. The van der Waals surface area contributed by atoms with Crippen LogP contribution in [0.15, 0.2) is 4.90 Å². The number of carbonyl (C=O) groups excluding carboxylic acids is 1. The molecule has 0 aromatic carbocycles. The normalized spacial score (nSPS) is 20.1. The number of nitrogens with one attached hydrogen (secondary N) is 1. The first-order chi connectivity index (χ1) is 12.2. The van der Waals surface area contributed by atoms with Gasteiger partial charge in [0.2, 0.25) is 10.0 Å². The summed E-state index contributed by atoms with van der Waals surface area (Å²) in [5.74, 6) is 0.467. The standard InChI is InChI=1S/C19H31N3O3S/c1-13-9-11-22(12-10-13)19(23)17-14(2)21(4)15(3)18(17)26(24,25)20-16-7-5-6-8-16/h13,16,20H,5-12H2,1-4H3. The van der Waals surface area contributed by atoms with Gasteiger partial charge in [-0.1, -0.05) is 19.8 Å². The molecule has 1 aromatic heterocycles. The van der Waals surface area contributed by atoms with Crippen LogP contribution in [0.5, 0.6) is 0 Å². The number of amides is 1. The van der Waals surface area contributed by atoms with Gasteiger partial charge in [0.1, 0.15) is 4.90 Å². The lowest BCUT2D eigenvalue weighted by molar-refractivity contribution is 0.0692. The summed E-state index contributed by atoms with van der Waals surface area (Å²) in [4.78, 5) is 15.2. The molecule has 0 bridgehead atoms. The second kappa shape index (κ2) is 7.35. The fraction of sp³-hybridized carbons (Fsp3) is 0.737. The maximum Gasteiger partial charge on any atom is 0.257 e. The van der Waals surface area contributed by atoms with Gasteiger partial charge < -0.3 is 9.47 Å². The molecule has 1 N–H and O–H groups in total. The molecule has 2 heterocycles. The fourth-order valence-electron chi connectivity index (χ4n) is 4.19. The van der Waals surface area contributed by atoms with Crippen LogP contribution in [0.4, 0.5) is 0 Å². The van der Waals surface area contributed by atoms with Crippen molar-refractivity contribution >= 4 is 15.9 Å². The van der Waals surface area contributed by atoms with Crippen molar-refractivity contribution in [3.8, 4) is 0 Å². The van der Waals surface area contributed by atoms with E-state index in [4.69, 9.17) is 0 Å². The van der Waals surface area contributed by atoms with Crippen LogP contribution in [0.2, 0.25) is 0 Å². The number of hydrogen-bond acceptors (Lipinski definition) is 3. The minimum atomic E-state index is -3.72. The molecule has 0 unspecified atom stereocenters. The van der Waals surface area contributed by atoms with E-state index in [9.17, 15) is 13.2 Å². The zero-order valence-electron chi connectivity index (χ0n) is 16.3. The Morgan fingerprint density at radius 1 is 1.04 bits per heavy atom. The molecule has 1 amide bonds. The summed E-state index contributed by atoms with van der Waals surface area (Å²) in [6, 6.07) is -0.0151. The molecule has 0 atom stereocenters. The molecule has 2 fully saturated rings. The molecular weight excluding hydrogens is 350 g/mol. The maximum atomic E-state index is 13.2. The quantitative estimate of drug-likeness (QED) is 0.872. The number of aromatic nitrogens is 1. The van der Waals surface area contributed by atoms with Crippen LogP contribution in [0, 0.1) is 19.8 Å². The third-order valence-electron chi connectivity index (χ3n) is 6.15. The molecule has 26 heavy (non-hydrogen) atoms. The van der Waals surface area contributed by atoms with E-state index < -0.39 is 10.0 Å². The van der Waals surface area contributed by atoms with Gasteiger partial charge in [-0.15, -0.1) is 0 Å². The van der Waals surface area contributed by atoms with Crippen molar-refractivity contribution in [1.29, 1.82) is 0 Å². The van der Waals surface area contributed by atoms with Gasteiger partial charge in [0.15, 0.2) is 0 Å². The van der Waals surface area contributed by atoms with Gasteiger partial charge in [-0.2, -0.15) is 0 Å². The van der Waals surface area contributed by atoms with Crippen molar-refractivity contribution in [3.05, 3.63) is 17.0 Å².